The van der Waals surface area contributed by atoms with Crippen molar-refractivity contribution in [3.8, 4) is 0 Å². The Bertz CT molecular complexity index is 211. The van der Waals surface area contributed by atoms with Crippen LogP contribution in [-0.2, 0) is 4.79 Å². The zero-order chi connectivity index (χ0) is 11.3. The van der Waals surface area contributed by atoms with Crippen molar-refractivity contribution in [2.24, 2.45) is 5.92 Å². The van der Waals surface area contributed by atoms with Crippen molar-refractivity contribution in [1.29, 1.82) is 0 Å². The Hall–Kier alpha value is -0.320. The molecule has 96 valence electrons. The lowest BCUT2D eigenvalue weighted by Crippen LogP contribution is -2.39. The van der Waals surface area contributed by atoms with E-state index >= 15 is 0 Å². The van der Waals surface area contributed by atoms with E-state index in [4.69, 9.17) is 0 Å². The smallest absolute Gasteiger partial charge is 0.234 e. The first kappa shape index (κ1) is 15.7. The van der Waals surface area contributed by atoms with Crippen LogP contribution in [0.4, 0.5) is 0 Å². The van der Waals surface area contributed by atoms with Crippen LogP contribution in [0.5, 0.6) is 0 Å². The predicted molar refractivity (Wildman–Crippen MR) is 69.0 cm³/mol. The van der Waals surface area contributed by atoms with Gasteiger partial charge in [0, 0.05) is 25.7 Å². The van der Waals surface area contributed by atoms with Gasteiger partial charge in [0.2, 0.25) is 5.91 Å². The van der Waals surface area contributed by atoms with Crippen LogP contribution in [0.25, 0.3) is 0 Å². The zero-order valence-corrected chi connectivity index (χ0v) is 11.3. The van der Waals surface area contributed by atoms with Crippen LogP contribution in [0.2, 0.25) is 0 Å². The van der Waals surface area contributed by atoms with Crippen LogP contribution in [0.15, 0.2) is 0 Å². The topological polar surface area (TPSA) is 44.4 Å². The average Bonchev–Trinajstić information content (AvgIpc) is 2.62. The molecule has 0 radical (unpaired) electrons. The first-order chi connectivity index (χ1) is 7.11. The molecule has 1 heterocycles. The molecule has 1 saturated heterocycles. The van der Waals surface area contributed by atoms with Crippen LogP contribution in [0, 0.1) is 5.92 Å². The first-order valence-corrected chi connectivity index (χ1v) is 5.78. The van der Waals surface area contributed by atoms with Crippen LogP contribution >= 0.6 is 12.4 Å². The van der Waals surface area contributed by atoms with Crippen LogP contribution in [0.1, 0.15) is 20.3 Å². The number of carbonyl (C=O) groups is 1. The van der Waals surface area contributed by atoms with Gasteiger partial charge >= 0.3 is 0 Å². The van der Waals surface area contributed by atoms with Gasteiger partial charge in [-0.2, -0.15) is 0 Å². The number of hydrogen-bond acceptors (Lipinski definition) is 3. The fourth-order valence-electron chi connectivity index (χ4n) is 1.79. The summed E-state index contributed by atoms with van der Waals surface area (Å²) in [4.78, 5) is 13.7. The van der Waals surface area contributed by atoms with Gasteiger partial charge in [0.15, 0.2) is 0 Å². The monoisotopic (exact) mass is 249 g/mol. The Kier molecular flexibility index (Phi) is 7.72. The number of hydrogen-bond donors (Lipinski definition) is 2. The van der Waals surface area contributed by atoms with Gasteiger partial charge in [-0.1, -0.05) is 13.8 Å². The van der Waals surface area contributed by atoms with Gasteiger partial charge in [0.05, 0.1) is 6.54 Å². The highest BCUT2D eigenvalue weighted by Crippen LogP contribution is 2.07. The van der Waals surface area contributed by atoms with E-state index < -0.39 is 0 Å². The van der Waals surface area contributed by atoms with E-state index in [-0.39, 0.29) is 18.3 Å². The van der Waals surface area contributed by atoms with Gasteiger partial charge in [-0.3, -0.25) is 9.69 Å². The molecule has 0 spiro atoms. The molecular weight excluding hydrogens is 226 g/mol. The fourth-order valence-corrected chi connectivity index (χ4v) is 1.79. The third kappa shape index (κ3) is 5.68. The lowest BCUT2D eigenvalue weighted by molar-refractivity contribution is -0.122. The van der Waals surface area contributed by atoms with E-state index in [1.54, 1.807) is 0 Å². The number of carbonyl (C=O) groups excluding carboxylic acids is 1. The van der Waals surface area contributed by atoms with Gasteiger partial charge in [-0.25, -0.2) is 0 Å². The Balaban J connectivity index is 0.00000225. The third-order valence-electron chi connectivity index (χ3n) is 2.76. The molecule has 1 unspecified atom stereocenters. The number of likely N-dealkylation sites (N-methyl/N-ethyl adjacent to an activating group) is 1. The molecule has 0 aromatic heterocycles. The number of rotatable bonds is 5. The summed E-state index contributed by atoms with van der Waals surface area (Å²) in [5.41, 5.74) is 0. The maximum atomic E-state index is 11.5. The minimum atomic E-state index is 0. The van der Waals surface area contributed by atoms with Gasteiger partial charge in [0.25, 0.3) is 0 Å². The molecule has 1 aliphatic rings. The van der Waals surface area contributed by atoms with Crippen LogP contribution in [-0.4, -0.2) is 50.1 Å². The second-order valence-corrected chi connectivity index (χ2v) is 4.71. The quantitative estimate of drug-likeness (QED) is 0.745. The molecule has 1 rings (SSSR count). The summed E-state index contributed by atoms with van der Waals surface area (Å²) in [7, 11) is 1.98. The van der Waals surface area contributed by atoms with E-state index in [1.165, 1.54) is 0 Å². The molecule has 0 bridgehead atoms. The molecule has 0 saturated carbocycles. The second-order valence-electron chi connectivity index (χ2n) is 4.71. The van der Waals surface area contributed by atoms with E-state index in [1.807, 2.05) is 7.05 Å². The number of nitrogens with one attached hydrogen (secondary N) is 2. The van der Waals surface area contributed by atoms with Crippen LogP contribution < -0.4 is 10.6 Å². The van der Waals surface area contributed by atoms with Crippen molar-refractivity contribution < 1.29 is 4.79 Å². The van der Waals surface area contributed by atoms with Crippen molar-refractivity contribution in [3.63, 3.8) is 0 Å². The highest BCUT2D eigenvalue weighted by Gasteiger charge is 2.22. The van der Waals surface area contributed by atoms with Gasteiger partial charge < -0.3 is 10.6 Å². The largest absolute Gasteiger partial charge is 0.355 e. The van der Waals surface area contributed by atoms with Gasteiger partial charge in [0.1, 0.15) is 0 Å². The maximum Gasteiger partial charge on any atom is 0.234 e. The standard InChI is InChI=1S/C11H23N3O.ClH/c1-9(2)6-13-11(15)8-14-5-4-10(7-14)12-3;/h9-10,12H,4-8H2,1-3H3,(H,13,15);1H. The molecule has 4 nitrogen and oxygen atoms in total. The Morgan fingerprint density at radius 3 is 2.69 bits per heavy atom. The maximum absolute atomic E-state index is 11.5. The lowest BCUT2D eigenvalue weighted by Gasteiger charge is -2.16. The highest BCUT2D eigenvalue weighted by atomic mass is 35.5. The van der Waals surface area contributed by atoms with E-state index in [9.17, 15) is 4.79 Å². The summed E-state index contributed by atoms with van der Waals surface area (Å²) in [5, 5.41) is 6.18. The normalized spacial score (nSPS) is 20.9. The summed E-state index contributed by atoms with van der Waals surface area (Å²) in [6.07, 6.45) is 1.15. The fraction of sp³-hybridized carbons (Fsp3) is 0.909. The number of nitrogens with zero attached hydrogens (tertiary/aromatic N) is 1. The van der Waals surface area contributed by atoms with Crippen molar-refractivity contribution >= 4 is 18.3 Å². The predicted octanol–water partition coefficient (Wildman–Crippen LogP) is 0.474. The summed E-state index contributed by atoms with van der Waals surface area (Å²) >= 11 is 0. The van der Waals surface area contributed by atoms with Crippen molar-refractivity contribution in [3.05, 3.63) is 0 Å². The molecule has 0 aliphatic carbocycles. The molecule has 0 aromatic rings. The van der Waals surface area contributed by atoms with Gasteiger partial charge in [-0.05, 0) is 19.4 Å². The summed E-state index contributed by atoms with van der Waals surface area (Å²) in [5.74, 6) is 0.679. The first-order valence-electron chi connectivity index (χ1n) is 5.78. The number of halogens is 1. The number of likely N-dealkylation sites (tertiary alicyclic amines) is 1. The third-order valence-corrected chi connectivity index (χ3v) is 2.76. The minimum Gasteiger partial charge on any atom is -0.355 e. The Morgan fingerprint density at radius 1 is 1.50 bits per heavy atom. The summed E-state index contributed by atoms with van der Waals surface area (Å²) in [6, 6.07) is 0.558. The summed E-state index contributed by atoms with van der Waals surface area (Å²) in [6.45, 7) is 7.56. The lowest BCUT2D eigenvalue weighted by atomic mass is 10.2. The second kappa shape index (κ2) is 7.87. The molecular formula is C11H24ClN3O. The van der Waals surface area contributed by atoms with Crippen molar-refractivity contribution in [1.82, 2.24) is 15.5 Å². The zero-order valence-electron chi connectivity index (χ0n) is 10.5. The van der Waals surface area contributed by atoms with E-state index in [2.05, 4.69) is 29.4 Å². The molecule has 1 aliphatic heterocycles. The molecule has 0 aromatic carbocycles. The Morgan fingerprint density at radius 2 is 2.19 bits per heavy atom. The molecule has 2 N–H and O–H groups in total. The minimum absolute atomic E-state index is 0. The average molecular weight is 250 g/mol. The van der Waals surface area contributed by atoms with Crippen molar-refractivity contribution in [2.45, 2.75) is 26.3 Å². The Labute approximate surface area is 105 Å². The molecule has 1 fully saturated rings. The molecule has 1 atom stereocenters. The molecule has 1 amide bonds. The van der Waals surface area contributed by atoms with E-state index in [0.717, 1.165) is 26.1 Å². The number of amides is 1. The molecule has 16 heavy (non-hydrogen) atoms. The van der Waals surface area contributed by atoms with E-state index in [0.29, 0.717) is 18.5 Å². The van der Waals surface area contributed by atoms with Crippen LogP contribution in [0.3, 0.4) is 0 Å². The molecule has 5 heteroatoms. The summed E-state index contributed by atoms with van der Waals surface area (Å²) < 4.78 is 0. The van der Waals surface area contributed by atoms with Gasteiger partial charge in [-0.15, -0.1) is 12.4 Å². The highest BCUT2D eigenvalue weighted by molar-refractivity contribution is 5.85. The SMILES string of the molecule is CNC1CCN(CC(=O)NCC(C)C)C1.Cl. The van der Waals surface area contributed by atoms with Crippen molar-refractivity contribution in [2.75, 3.05) is 33.2 Å².